The molecule has 1 N–H and O–H groups in total. The van der Waals surface area contributed by atoms with Crippen molar-refractivity contribution in [3.05, 3.63) is 18.1 Å². The molecule has 0 spiro atoms. The van der Waals surface area contributed by atoms with Crippen LogP contribution in [0.25, 0.3) is 0 Å². The molecule has 138 valence electrons. The number of aromatic nitrogens is 2. The highest BCUT2D eigenvalue weighted by molar-refractivity contribution is 5.69. The van der Waals surface area contributed by atoms with E-state index in [0.717, 1.165) is 19.7 Å². The fraction of sp³-hybridized carbons (Fsp3) is 0.688. The van der Waals surface area contributed by atoms with Crippen molar-refractivity contribution in [1.82, 2.24) is 14.9 Å². The molecule has 0 aliphatic carbocycles. The van der Waals surface area contributed by atoms with Crippen LogP contribution >= 0.6 is 0 Å². The van der Waals surface area contributed by atoms with Gasteiger partial charge in [-0.2, -0.15) is 8.78 Å². The SMILES string of the molecule is COC(=O)N1[C@@H]2C[C@@H](C(C)N(c3cc(C(C)(F)F)ncn3)C2)[C@@H]1CO. The van der Waals surface area contributed by atoms with E-state index in [1.807, 2.05) is 11.8 Å². The van der Waals surface area contributed by atoms with Gasteiger partial charge < -0.3 is 14.7 Å². The summed E-state index contributed by atoms with van der Waals surface area (Å²) in [5.74, 6) is -2.65. The highest BCUT2D eigenvalue weighted by Gasteiger charge is 2.51. The van der Waals surface area contributed by atoms with E-state index in [1.54, 1.807) is 4.90 Å². The van der Waals surface area contributed by atoms with Crippen molar-refractivity contribution in [1.29, 1.82) is 0 Å². The lowest BCUT2D eigenvalue weighted by Gasteiger charge is -2.39. The van der Waals surface area contributed by atoms with Crippen LogP contribution in [0.5, 0.6) is 0 Å². The van der Waals surface area contributed by atoms with E-state index < -0.39 is 12.0 Å². The molecule has 2 fully saturated rings. The lowest BCUT2D eigenvalue weighted by Crippen LogP contribution is -2.48. The summed E-state index contributed by atoms with van der Waals surface area (Å²) in [5.41, 5.74) is -0.342. The molecule has 7 nitrogen and oxygen atoms in total. The summed E-state index contributed by atoms with van der Waals surface area (Å²) in [6.07, 6.45) is 1.39. The van der Waals surface area contributed by atoms with Gasteiger partial charge in [-0.3, -0.25) is 4.90 Å². The Kier molecular flexibility index (Phi) is 4.52. The van der Waals surface area contributed by atoms with Crippen LogP contribution in [0, 0.1) is 5.92 Å². The van der Waals surface area contributed by atoms with E-state index in [-0.39, 0.29) is 36.3 Å². The molecule has 2 aliphatic heterocycles. The Morgan fingerprint density at radius 2 is 2.20 bits per heavy atom. The number of likely N-dealkylation sites (tertiary alicyclic amines) is 1. The average Bonchev–Trinajstić information content (AvgIpc) is 2.90. The quantitative estimate of drug-likeness (QED) is 0.887. The van der Waals surface area contributed by atoms with Crippen molar-refractivity contribution in [2.75, 3.05) is 25.2 Å². The van der Waals surface area contributed by atoms with Gasteiger partial charge in [0.05, 0.1) is 25.8 Å². The number of piperidine rings is 1. The zero-order valence-corrected chi connectivity index (χ0v) is 14.4. The number of carbonyl (C=O) groups is 1. The topological polar surface area (TPSA) is 78.8 Å². The number of carbonyl (C=O) groups excluding carboxylic acids is 1. The lowest BCUT2D eigenvalue weighted by molar-refractivity contribution is 0.0126. The molecule has 0 aromatic carbocycles. The Morgan fingerprint density at radius 3 is 2.80 bits per heavy atom. The smallest absolute Gasteiger partial charge is 0.410 e. The Balaban J connectivity index is 1.92. The molecule has 1 aromatic rings. The fourth-order valence-corrected chi connectivity index (χ4v) is 4.03. The maximum absolute atomic E-state index is 13.6. The minimum absolute atomic E-state index is 0.00315. The van der Waals surface area contributed by atoms with Crippen molar-refractivity contribution in [2.24, 2.45) is 5.92 Å². The molecule has 3 rings (SSSR count). The Labute approximate surface area is 144 Å². The number of methoxy groups -OCH3 is 1. The Morgan fingerprint density at radius 1 is 1.48 bits per heavy atom. The molecule has 9 heteroatoms. The molecule has 1 aromatic heterocycles. The first-order valence-electron chi connectivity index (χ1n) is 8.22. The van der Waals surface area contributed by atoms with Gasteiger partial charge in [-0.25, -0.2) is 14.8 Å². The highest BCUT2D eigenvalue weighted by Crippen LogP contribution is 2.41. The normalized spacial score (nSPS) is 29.0. The van der Waals surface area contributed by atoms with Gasteiger partial charge in [-0.05, 0) is 13.3 Å². The van der Waals surface area contributed by atoms with Crippen LogP contribution in [-0.4, -0.2) is 64.5 Å². The number of rotatable bonds is 3. The summed E-state index contributed by atoms with van der Waals surface area (Å²) in [5, 5.41) is 9.76. The van der Waals surface area contributed by atoms with E-state index >= 15 is 0 Å². The van der Waals surface area contributed by atoms with Crippen LogP contribution in [0.4, 0.5) is 19.4 Å². The van der Waals surface area contributed by atoms with Gasteiger partial charge in [0.25, 0.3) is 5.92 Å². The largest absolute Gasteiger partial charge is 0.453 e. The van der Waals surface area contributed by atoms with Gasteiger partial charge >= 0.3 is 6.09 Å². The number of nitrogens with zero attached hydrogens (tertiary/aromatic N) is 4. The maximum atomic E-state index is 13.6. The molecule has 4 atom stereocenters. The average molecular weight is 356 g/mol. The van der Waals surface area contributed by atoms with Crippen LogP contribution in [0.15, 0.2) is 12.4 Å². The van der Waals surface area contributed by atoms with Crippen molar-refractivity contribution >= 4 is 11.9 Å². The first-order valence-corrected chi connectivity index (χ1v) is 8.22. The van der Waals surface area contributed by atoms with E-state index in [9.17, 15) is 18.7 Å². The molecule has 2 bridgehead atoms. The molecule has 0 saturated carbocycles. The van der Waals surface area contributed by atoms with E-state index in [1.165, 1.54) is 13.2 Å². The molecular weight excluding hydrogens is 334 g/mol. The van der Waals surface area contributed by atoms with Gasteiger partial charge in [0.15, 0.2) is 0 Å². The van der Waals surface area contributed by atoms with Crippen molar-refractivity contribution < 1.29 is 23.4 Å². The fourth-order valence-electron chi connectivity index (χ4n) is 4.03. The number of hydrogen-bond donors (Lipinski definition) is 1. The standard InChI is InChI=1S/C16H22F2N4O3/c1-9-11-4-10(22(12(11)7-23)15(24)25-3)6-21(9)14-5-13(16(2,17)18)19-8-20-14/h5,8-12,23H,4,6-7H2,1-3H3/t9?,10-,11+,12+/m1/s1. The minimum atomic E-state index is -3.05. The zero-order valence-electron chi connectivity index (χ0n) is 14.4. The zero-order chi connectivity index (χ0) is 18.4. The molecule has 1 unspecified atom stereocenters. The number of aliphatic hydroxyl groups is 1. The number of anilines is 1. The summed E-state index contributed by atoms with van der Waals surface area (Å²) in [6.45, 7) is 3.02. The monoisotopic (exact) mass is 356 g/mol. The second-order valence-corrected chi connectivity index (χ2v) is 6.72. The van der Waals surface area contributed by atoms with E-state index in [2.05, 4.69) is 9.97 Å². The van der Waals surface area contributed by atoms with Gasteiger partial charge in [-0.15, -0.1) is 0 Å². The van der Waals surface area contributed by atoms with Crippen LogP contribution < -0.4 is 4.90 Å². The molecule has 2 aliphatic rings. The summed E-state index contributed by atoms with van der Waals surface area (Å²) in [7, 11) is 1.31. The van der Waals surface area contributed by atoms with Crippen molar-refractivity contribution in [3.8, 4) is 0 Å². The van der Waals surface area contributed by atoms with Gasteiger partial charge in [0, 0.05) is 31.5 Å². The number of fused-ring (bicyclic) bond motifs is 2. The van der Waals surface area contributed by atoms with E-state index in [0.29, 0.717) is 12.4 Å². The summed E-state index contributed by atoms with van der Waals surface area (Å²) < 4.78 is 32.0. The first-order chi connectivity index (χ1) is 11.8. The molecule has 2 saturated heterocycles. The minimum Gasteiger partial charge on any atom is -0.453 e. The van der Waals surface area contributed by atoms with Crippen molar-refractivity contribution in [2.45, 2.75) is 44.3 Å². The van der Waals surface area contributed by atoms with Crippen LogP contribution in [0.1, 0.15) is 26.0 Å². The van der Waals surface area contributed by atoms with Crippen molar-refractivity contribution in [3.63, 3.8) is 0 Å². The van der Waals surface area contributed by atoms with Gasteiger partial charge in [0.2, 0.25) is 0 Å². The van der Waals surface area contributed by atoms with Gasteiger partial charge in [-0.1, -0.05) is 0 Å². The van der Waals surface area contributed by atoms with Crippen LogP contribution in [0.2, 0.25) is 0 Å². The molecule has 3 heterocycles. The molecular formula is C16H22F2N4O3. The number of halogens is 2. The number of aliphatic hydroxyl groups excluding tert-OH is 1. The predicted molar refractivity (Wildman–Crippen MR) is 85.4 cm³/mol. The Bertz CT molecular complexity index is 655. The van der Waals surface area contributed by atoms with Gasteiger partial charge in [0.1, 0.15) is 17.8 Å². The van der Waals surface area contributed by atoms with E-state index in [4.69, 9.17) is 4.74 Å². The predicted octanol–water partition coefficient (Wildman–Crippen LogP) is 1.61. The summed E-state index contributed by atoms with van der Waals surface area (Å²) in [6, 6.07) is 0.701. The first kappa shape index (κ1) is 17.8. The number of amides is 1. The third-order valence-electron chi connectivity index (χ3n) is 5.28. The second kappa shape index (κ2) is 6.36. The number of ether oxygens (including phenoxy) is 1. The maximum Gasteiger partial charge on any atom is 0.410 e. The molecule has 25 heavy (non-hydrogen) atoms. The third-order valence-corrected chi connectivity index (χ3v) is 5.28. The molecule has 0 radical (unpaired) electrons. The molecule has 1 amide bonds. The summed E-state index contributed by atoms with van der Waals surface area (Å²) >= 11 is 0. The third kappa shape index (κ3) is 3.01. The van der Waals surface area contributed by atoms with Crippen LogP contribution in [-0.2, 0) is 10.7 Å². The lowest BCUT2D eigenvalue weighted by atomic mass is 9.87. The number of hydrogen-bond acceptors (Lipinski definition) is 6. The second-order valence-electron chi connectivity index (χ2n) is 6.72. The number of alkyl halides is 2. The highest BCUT2D eigenvalue weighted by atomic mass is 19.3. The Hall–Kier alpha value is -2.03. The summed E-state index contributed by atoms with van der Waals surface area (Å²) in [4.78, 5) is 23.4. The van der Waals surface area contributed by atoms with Crippen LogP contribution in [0.3, 0.4) is 0 Å².